The average Bonchev–Trinajstić information content (AvgIpc) is 2.62. The van der Waals surface area contributed by atoms with Crippen molar-refractivity contribution in [2.24, 2.45) is 5.10 Å². The Morgan fingerprint density at radius 1 is 0.962 bits per heavy atom. The van der Waals surface area contributed by atoms with Crippen LogP contribution in [0, 0.1) is 0 Å². The van der Waals surface area contributed by atoms with Gasteiger partial charge in [-0.1, -0.05) is 60.7 Å². The summed E-state index contributed by atoms with van der Waals surface area (Å²) in [5.74, 6) is -0.401. The lowest BCUT2D eigenvalue weighted by Crippen LogP contribution is -2.20. The standard InChI is InChI=1S/C20H15F3N2O/c21-20(22,23)18-11-4-2-7-16(18)13-24-25-19(26)12-15-9-5-8-14-6-1-3-10-17(14)15/h1-11,13H,12H2,(H,25,26)/b24-13-. The molecule has 0 spiro atoms. The van der Waals surface area contributed by atoms with Gasteiger partial charge in [0, 0.05) is 5.56 Å². The molecule has 6 heteroatoms. The van der Waals surface area contributed by atoms with E-state index in [0.717, 1.165) is 28.6 Å². The molecule has 0 aliphatic heterocycles. The summed E-state index contributed by atoms with van der Waals surface area (Å²) in [5, 5.41) is 5.64. The number of alkyl halides is 3. The van der Waals surface area contributed by atoms with Crippen LogP contribution in [0.4, 0.5) is 13.2 Å². The molecule has 0 aromatic heterocycles. The number of nitrogens with zero attached hydrogens (tertiary/aromatic N) is 1. The second-order valence-corrected chi connectivity index (χ2v) is 5.69. The predicted molar refractivity (Wildman–Crippen MR) is 94.8 cm³/mol. The van der Waals surface area contributed by atoms with E-state index in [2.05, 4.69) is 10.5 Å². The van der Waals surface area contributed by atoms with Crippen LogP contribution in [-0.2, 0) is 17.4 Å². The fourth-order valence-electron chi connectivity index (χ4n) is 2.70. The molecule has 0 heterocycles. The van der Waals surface area contributed by atoms with E-state index in [-0.39, 0.29) is 12.0 Å². The molecule has 0 aliphatic rings. The van der Waals surface area contributed by atoms with Crippen LogP contribution < -0.4 is 5.43 Å². The Morgan fingerprint density at radius 3 is 2.46 bits per heavy atom. The first-order valence-electron chi connectivity index (χ1n) is 7.90. The number of rotatable bonds is 4. The number of carbonyl (C=O) groups is 1. The maximum atomic E-state index is 12.9. The fraction of sp³-hybridized carbons (Fsp3) is 0.100. The number of fused-ring (bicyclic) bond motifs is 1. The van der Waals surface area contributed by atoms with Crippen molar-refractivity contribution in [2.75, 3.05) is 0 Å². The minimum atomic E-state index is -4.48. The van der Waals surface area contributed by atoms with Crippen molar-refractivity contribution in [3.8, 4) is 0 Å². The van der Waals surface area contributed by atoms with Gasteiger partial charge >= 0.3 is 6.18 Å². The first-order valence-corrected chi connectivity index (χ1v) is 7.90. The van der Waals surface area contributed by atoms with Crippen molar-refractivity contribution in [1.29, 1.82) is 0 Å². The van der Waals surface area contributed by atoms with Crippen LogP contribution in [0.3, 0.4) is 0 Å². The highest BCUT2D eigenvalue weighted by Crippen LogP contribution is 2.31. The molecule has 0 saturated carbocycles. The van der Waals surface area contributed by atoms with E-state index in [9.17, 15) is 18.0 Å². The van der Waals surface area contributed by atoms with E-state index in [0.29, 0.717) is 0 Å². The number of amides is 1. The number of hydrazone groups is 1. The van der Waals surface area contributed by atoms with Gasteiger partial charge in [0.2, 0.25) is 5.91 Å². The molecule has 1 amide bonds. The number of hydrogen-bond donors (Lipinski definition) is 1. The predicted octanol–water partition coefficient (Wildman–Crippen LogP) is 4.55. The normalized spacial score (nSPS) is 11.8. The highest BCUT2D eigenvalue weighted by molar-refractivity contribution is 5.90. The van der Waals surface area contributed by atoms with Crippen LogP contribution in [0.15, 0.2) is 71.8 Å². The quantitative estimate of drug-likeness (QED) is 0.541. The first-order chi connectivity index (χ1) is 12.4. The molecule has 3 aromatic carbocycles. The lowest BCUT2D eigenvalue weighted by atomic mass is 10.0. The summed E-state index contributed by atoms with van der Waals surface area (Å²) in [7, 11) is 0. The van der Waals surface area contributed by atoms with Crippen LogP contribution in [0.2, 0.25) is 0 Å². The van der Waals surface area contributed by atoms with Crippen LogP contribution in [0.1, 0.15) is 16.7 Å². The van der Waals surface area contributed by atoms with Gasteiger partial charge in [0.15, 0.2) is 0 Å². The fourth-order valence-corrected chi connectivity index (χ4v) is 2.70. The van der Waals surface area contributed by atoms with Gasteiger partial charge < -0.3 is 0 Å². The van der Waals surface area contributed by atoms with Gasteiger partial charge in [0.25, 0.3) is 0 Å². The van der Waals surface area contributed by atoms with Crippen molar-refractivity contribution in [1.82, 2.24) is 5.43 Å². The molecule has 0 atom stereocenters. The Balaban J connectivity index is 1.71. The number of benzene rings is 3. The van der Waals surface area contributed by atoms with Crippen LogP contribution in [0.5, 0.6) is 0 Å². The van der Waals surface area contributed by atoms with Crippen LogP contribution in [-0.4, -0.2) is 12.1 Å². The summed E-state index contributed by atoms with van der Waals surface area (Å²) in [6, 6.07) is 18.4. The topological polar surface area (TPSA) is 41.5 Å². The molecule has 3 rings (SSSR count). The summed E-state index contributed by atoms with van der Waals surface area (Å²) < 4.78 is 38.8. The maximum Gasteiger partial charge on any atom is 0.417 e. The van der Waals surface area contributed by atoms with Gasteiger partial charge in [-0.2, -0.15) is 18.3 Å². The Labute approximate surface area is 148 Å². The number of halogens is 3. The minimum Gasteiger partial charge on any atom is -0.273 e. The zero-order valence-electron chi connectivity index (χ0n) is 13.6. The zero-order chi connectivity index (χ0) is 18.6. The molecule has 3 nitrogen and oxygen atoms in total. The summed E-state index contributed by atoms with van der Waals surface area (Å²) in [5.41, 5.74) is 2.21. The van der Waals surface area contributed by atoms with Gasteiger partial charge in [0.1, 0.15) is 0 Å². The smallest absolute Gasteiger partial charge is 0.273 e. The van der Waals surface area contributed by atoms with E-state index < -0.39 is 17.6 Å². The molecule has 0 radical (unpaired) electrons. The van der Waals surface area contributed by atoms with Crippen LogP contribution >= 0.6 is 0 Å². The summed E-state index contributed by atoms with van der Waals surface area (Å²) in [6.07, 6.45) is -3.39. The Bertz CT molecular complexity index is 959. The Kier molecular flexibility index (Phi) is 5.02. The van der Waals surface area contributed by atoms with Crippen LogP contribution in [0.25, 0.3) is 10.8 Å². The molecule has 3 aromatic rings. The molecule has 1 N–H and O–H groups in total. The minimum absolute atomic E-state index is 0.0829. The van der Waals surface area contributed by atoms with Gasteiger partial charge in [0.05, 0.1) is 18.2 Å². The van der Waals surface area contributed by atoms with E-state index in [1.54, 1.807) is 0 Å². The molecule has 132 valence electrons. The third-order valence-electron chi connectivity index (χ3n) is 3.89. The molecular weight excluding hydrogens is 341 g/mol. The van der Waals surface area contributed by atoms with Gasteiger partial charge in [-0.05, 0) is 22.4 Å². The van der Waals surface area contributed by atoms with Crippen molar-refractivity contribution in [3.63, 3.8) is 0 Å². The first kappa shape index (κ1) is 17.7. The molecular formula is C20H15F3N2O. The Hall–Kier alpha value is -3.15. The van der Waals surface area contributed by atoms with E-state index >= 15 is 0 Å². The monoisotopic (exact) mass is 356 g/mol. The lowest BCUT2D eigenvalue weighted by Gasteiger charge is -2.09. The van der Waals surface area contributed by atoms with E-state index in [1.165, 1.54) is 18.2 Å². The largest absolute Gasteiger partial charge is 0.417 e. The van der Waals surface area contributed by atoms with E-state index in [4.69, 9.17) is 0 Å². The number of hydrogen-bond acceptors (Lipinski definition) is 2. The Morgan fingerprint density at radius 2 is 1.65 bits per heavy atom. The summed E-state index contributed by atoms with van der Waals surface area (Å²) in [4.78, 5) is 12.1. The lowest BCUT2D eigenvalue weighted by molar-refractivity contribution is -0.137. The maximum absolute atomic E-state index is 12.9. The highest BCUT2D eigenvalue weighted by atomic mass is 19.4. The zero-order valence-corrected chi connectivity index (χ0v) is 13.6. The molecule has 0 aliphatic carbocycles. The van der Waals surface area contributed by atoms with Crippen molar-refractivity contribution in [2.45, 2.75) is 12.6 Å². The molecule has 0 saturated heterocycles. The third kappa shape index (κ3) is 4.08. The second kappa shape index (κ2) is 7.39. The third-order valence-corrected chi connectivity index (χ3v) is 3.89. The molecule has 0 bridgehead atoms. The molecule has 0 unspecified atom stereocenters. The van der Waals surface area contributed by atoms with E-state index in [1.807, 2.05) is 42.5 Å². The summed E-state index contributed by atoms with van der Waals surface area (Å²) >= 11 is 0. The average molecular weight is 356 g/mol. The highest BCUT2D eigenvalue weighted by Gasteiger charge is 2.32. The number of carbonyl (C=O) groups excluding carboxylic acids is 1. The summed E-state index contributed by atoms with van der Waals surface area (Å²) in [6.45, 7) is 0. The SMILES string of the molecule is O=C(Cc1cccc2ccccc12)N/N=C\c1ccccc1C(F)(F)F. The van der Waals surface area contributed by atoms with Crippen molar-refractivity contribution >= 4 is 22.9 Å². The molecule has 0 fully saturated rings. The van der Waals surface area contributed by atoms with Gasteiger partial charge in [-0.15, -0.1) is 0 Å². The van der Waals surface area contributed by atoms with Crippen molar-refractivity contribution < 1.29 is 18.0 Å². The van der Waals surface area contributed by atoms with Crippen molar-refractivity contribution in [3.05, 3.63) is 83.4 Å². The second-order valence-electron chi connectivity index (χ2n) is 5.69. The molecule has 26 heavy (non-hydrogen) atoms. The van der Waals surface area contributed by atoms with Gasteiger partial charge in [-0.25, -0.2) is 5.43 Å². The van der Waals surface area contributed by atoms with Gasteiger partial charge in [-0.3, -0.25) is 4.79 Å². The number of nitrogens with one attached hydrogen (secondary N) is 1.